The van der Waals surface area contributed by atoms with Gasteiger partial charge in [0.25, 0.3) is 0 Å². The zero-order valence-corrected chi connectivity index (χ0v) is 14.7. The summed E-state index contributed by atoms with van der Waals surface area (Å²) in [5.41, 5.74) is 2.10. The van der Waals surface area contributed by atoms with Gasteiger partial charge in [-0.2, -0.15) is 0 Å². The van der Waals surface area contributed by atoms with Gasteiger partial charge in [0.05, 0.1) is 53.7 Å². The summed E-state index contributed by atoms with van der Waals surface area (Å²) in [6.45, 7) is 5.25. The van der Waals surface area contributed by atoms with Gasteiger partial charge in [0, 0.05) is 24.9 Å². The minimum atomic E-state index is -0.0191. The second-order valence-electron chi connectivity index (χ2n) is 6.57. The van der Waals surface area contributed by atoms with Crippen molar-refractivity contribution in [1.82, 2.24) is 15.0 Å². The summed E-state index contributed by atoms with van der Waals surface area (Å²) < 4.78 is 12.2. The molecule has 0 bridgehead atoms. The Kier molecular flexibility index (Phi) is 4.47. The molecule has 6 nitrogen and oxygen atoms in total. The minimum absolute atomic E-state index is 0.0191. The molecule has 2 aromatic rings. The first-order valence-electron chi connectivity index (χ1n) is 8.39. The largest absolute Gasteiger partial charge is 0.372 e. The van der Waals surface area contributed by atoms with Crippen LogP contribution in [0, 0.1) is 6.92 Å². The number of nitrogens with zero attached hydrogens (tertiary/aromatic N) is 4. The lowest BCUT2D eigenvalue weighted by molar-refractivity contribution is -0.0205. The zero-order chi connectivity index (χ0) is 16.4. The molecule has 7 heteroatoms. The van der Waals surface area contributed by atoms with Crippen LogP contribution in [-0.2, 0) is 16.1 Å². The van der Waals surface area contributed by atoms with Gasteiger partial charge >= 0.3 is 0 Å². The molecule has 0 amide bonds. The third-order valence-electron chi connectivity index (χ3n) is 4.90. The molecule has 0 aliphatic carbocycles. The third kappa shape index (κ3) is 3.43. The van der Waals surface area contributed by atoms with Crippen LogP contribution >= 0.6 is 11.3 Å². The highest BCUT2D eigenvalue weighted by atomic mass is 32.1. The second-order valence-corrected chi connectivity index (χ2v) is 7.63. The predicted octanol–water partition coefficient (Wildman–Crippen LogP) is 2.59. The van der Waals surface area contributed by atoms with Gasteiger partial charge in [0.15, 0.2) is 0 Å². The molecular weight excluding hydrogens is 324 g/mol. The van der Waals surface area contributed by atoms with E-state index in [0.29, 0.717) is 13.2 Å². The lowest BCUT2D eigenvalue weighted by atomic mass is 9.88. The van der Waals surface area contributed by atoms with Crippen molar-refractivity contribution in [3.05, 3.63) is 34.8 Å². The fourth-order valence-electron chi connectivity index (χ4n) is 3.56. The molecule has 0 saturated carbocycles. The van der Waals surface area contributed by atoms with E-state index in [2.05, 4.69) is 25.2 Å². The fraction of sp³-hybridized carbons (Fsp3) is 0.588. The smallest absolute Gasteiger partial charge is 0.115 e. The van der Waals surface area contributed by atoms with Crippen molar-refractivity contribution in [1.29, 1.82) is 0 Å². The van der Waals surface area contributed by atoms with Crippen molar-refractivity contribution in [3.8, 4) is 0 Å². The Labute approximate surface area is 145 Å². The molecular formula is C17H22N4O2S. The highest BCUT2D eigenvalue weighted by Gasteiger charge is 2.43. The van der Waals surface area contributed by atoms with Crippen molar-refractivity contribution in [2.24, 2.45) is 0 Å². The molecule has 2 fully saturated rings. The maximum Gasteiger partial charge on any atom is 0.115 e. The average molecular weight is 346 g/mol. The zero-order valence-electron chi connectivity index (χ0n) is 13.9. The number of hydrogen-bond donors (Lipinski definition) is 0. The van der Waals surface area contributed by atoms with Gasteiger partial charge in [-0.1, -0.05) is 0 Å². The normalized spacial score (nSPS) is 23.0. The Hall–Kier alpha value is -1.57. The molecule has 128 valence electrons. The van der Waals surface area contributed by atoms with Crippen LogP contribution in [0.4, 0.5) is 5.69 Å². The molecule has 0 N–H and O–H groups in total. The predicted molar refractivity (Wildman–Crippen MR) is 92.2 cm³/mol. The lowest BCUT2D eigenvalue weighted by Crippen LogP contribution is -2.44. The van der Waals surface area contributed by atoms with Gasteiger partial charge in [0.1, 0.15) is 6.33 Å². The molecule has 2 aliphatic rings. The van der Waals surface area contributed by atoms with E-state index in [1.54, 1.807) is 17.7 Å². The van der Waals surface area contributed by atoms with E-state index in [-0.39, 0.29) is 11.7 Å². The van der Waals surface area contributed by atoms with E-state index in [1.165, 1.54) is 0 Å². The molecule has 0 aromatic carbocycles. The number of thiazole rings is 1. The van der Waals surface area contributed by atoms with E-state index in [0.717, 1.165) is 48.7 Å². The van der Waals surface area contributed by atoms with E-state index < -0.39 is 0 Å². The Morgan fingerprint density at radius 2 is 2.12 bits per heavy atom. The topological polar surface area (TPSA) is 60.4 Å². The van der Waals surface area contributed by atoms with E-state index in [9.17, 15) is 0 Å². The van der Waals surface area contributed by atoms with Crippen LogP contribution < -0.4 is 4.90 Å². The fourth-order valence-corrected chi connectivity index (χ4v) is 4.16. The Morgan fingerprint density at radius 3 is 2.83 bits per heavy atom. The number of rotatable bonds is 4. The van der Waals surface area contributed by atoms with Crippen LogP contribution in [-0.4, -0.2) is 46.4 Å². The quantitative estimate of drug-likeness (QED) is 0.848. The van der Waals surface area contributed by atoms with Crippen molar-refractivity contribution < 1.29 is 9.47 Å². The van der Waals surface area contributed by atoms with Gasteiger partial charge in [-0.05, 0) is 19.8 Å². The van der Waals surface area contributed by atoms with Crippen molar-refractivity contribution in [2.75, 3.05) is 24.6 Å². The number of aryl methyl sites for hydroxylation is 1. The number of anilines is 1. The molecule has 0 unspecified atom stereocenters. The van der Waals surface area contributed by atoms with Crippen LogP contribution in [0.5, 0.6) is 0 Å². The summed E-state index contributed by atoms with van der Waals surface area (Å²) in [7, 11) is 0. The van der Waals surface area contributed by atoms with Crippen LogP contribution in [0.1, 0.15) is 30.0 Å². The first-order chi connectivity index (χ1) is 11.7. The standard InChI is InChI=1S/C17H22N4O2S/c1-13-20-14(11-24-13)9-22-16-6-17(23-10-16)2-4-21(5-3-17)15-7-18-12-19-8-15/h7-8,11-12,16H,2-6,9-10H2,1H3/t16-/m1/s1. The van der Waals surface area contributed by atoms with E-state index in [1.807, 2.05) is 19.3 Å². The van der Waals surface area contributed by atoms with Crippen LogP contribution in [0.15, 0.2) is 24.1 Å². The first kappa shape index (κ1) is 15.9. The molecule has 24 heavy (non-hydrogen) atoms. The second kappa shape index (κ2) is 6.74. The van der Waals surface area contributed by atoms with Gasteiger partial charge in [0.2, 0.25) is 0 Å². The summed E-state index contributed by atoms with van der Waals surface area (Å²) in [6.07, 6.45) is 8.54. The minimum Gasteiger partial charge on any atom is -0.372 e. The molecule has 4 heterocycles. The van der Waals surface area contributed by atoms with E-state index in [4.69, 9.17) is 9.47 Å². The van der Waals surface area contributed by atoms with Crippen LogP contribution in [0.2, 0.25) is 0 Å². The molecule has 2 aromatic heterocycles. The maximum atomic E-state index is 6.17. The van der Waals surface area contributed by atoms with Gasteiger partial charge in [-0.25, -0.2) is 15.0 Å². The van der Waals surface area contributed by atoms with Gasteiger partial charge < -0.3 is 14.4 Å². The van der Waals surface area contributed by atoms with Crippen molar-refractivity contribution in [3.63, 3.8) is 0 Å². The van der Waals surface area contributed by atoms with Gasteiger partial charge in [-0.15, -0.1) is 11.3 Å². The molecule has 2 aliphatic heterocycles. The monoisotopic (exact) mass is 346 g/mol. The SMILES string of the molecule is Cc1nc(CO[C@H]2COC3(CCN(c4cncnc4)CC3)C2)cs1. The Morgan fingerprint density at radius 1 is 1.33 bits per heavy atom. The molecule has 1 spiro atoms. The number of aromatic nitrogens is 3. The summed E-state index contributed by atoms with van der Waals surface area (Å²) in [5, 5.41) is 3.16. The summed E-state index contributed by atoms with van der Waals surface area (Å²) in [4.78, 5) is 15.0. The third-order valence-corrected chi connectivity index (χ3v) is 5.72. The summed E-state index contributed by atoms with van der Waals surface area (Å²) >= 11 is 1.67. The van der Waals surface area contributed by atoms with Crippen molar-refractivity contribution >= 4 is 17.0 Å². The number of hydrogen-bond acceptors (Lipinski definition) is 7. The highest BCUT2D eigenvalue weighted by molar-refractivity contribution is 7.09. The van der Waals surface area contributed by atoms with Crippen LogP contribution in [0.25, 0.3) is 0 Å². The number of piperidine rings is 1. The summed E-state index contributed by atoms with van der Waals surface area (Å²) in [5.74, 6) is 0. The Balaban J connectivity index is 1.29. The highest BCUT2D eigenvalue weighted by Crippen LogP contribution is 2.38. The molecule has 4 rings (SSSR count). The Bertz CT molecular complexity index is 670. The van der Waals surface area contributed by atoms with Crippen LogP contribution in [0.3, 0.4) is 0 Å². The van der Waals surface area contributed by atoms with Gasteiger partial charge in [-0.3, -0.25) is 0 Å². The van der Waals surface area contributed by atoms with E-state index >= 15 is 0 Å². The first-order valence-corrected chi connectivity index (χ1v) is 9.27. The molecule has 2 saturated heterocycles. The molecule has 0 radical (unpaired) electrons. The van der Waals surface area contributed by atoms with Crippen molar-refractivity contribution in [2.45, 2.75) is 44.5 Å². The lowest BCUT2D eigenvalue weighted by Gasteiger charge is -2.39. The summed E-state index contributed by atoms with van der Waals surface area (Å²) in [6, 6.07) is 0. The average Bonchev–Trinajstić information content (AvgIpc) is 3.21. The maximum absolute atomic E-state index is 6.17. The molecule has 1 atom stereocenters. The number of ether oxygens (including phenoxy) is 2.